The van der Waals surface area contributed by atoms with Gasteiger partial charge in [0.05, 0.1) is 0 Å². The summed E-state index contributed by atoms with van der Waals surface area (Å²) in [6.07, 6.45) is 3.35. The van der Waals surface area contributed by atoms with Crippen molar-refractivity contribution in [3.8, 4) is 11.5 Å². The van der Waals surface area contributed by atoms with E-state index >= 15 is 0 Å². The van der Waals surface area contributed by atoms with Crippen LogP contribution in [0.3, 0.4) is 0 Å². The van der Waals surface area contributed by atoms with Gasteiger partial charge in [0.15, 0.2) is 0 Å². The molecule has 7 heteroatoms. The Bertz CT molecular complexity index is 990. The van der Waals surface area contributed by atoms with Gasteiger partial charge < -0.3 is 9.31 Å². The molecule has 0 aliphatic carbocycles. The average molecular weight is 369 g/mol. The number of hydrogen-bond acceptors (Lipinski definition) is 4. The number of benzene rings is 2. The van der Waals surface area contributed by atoms with Crippen molar-refractivity contribution >= 4 is 52.4 Å². The summed E-state index contributed by atoms with van der Waals surface area (Å²) in [5, 5.41) is 4.58. The van der Waals surface area contributed by atoms with Crippen molar-refractivity contribution in [2.24, 2.45) is 0 Å². The highest BCUT2D eigenvalue weighted by Gasteiger charge is 2.06. The maximum Gasteiger partial charge on any atom is 0.576 e. The van der Waals surface area contributed by atoms with Gasteiger partial charge in [-0.05, 0) is 47.2 Å². The summed E-state index contributed by atoms with van der Waals surface area (Å²) in [7, 11) is 0.0623. The van der Waals surface area contributed by atoms with E-state index in [1.54, 1.807) is 12.4 Å². The van der Waals surface area contributed by atoms with E-state index in [-0.39, 0.29) is 7.69 Å². The average Bonchev–Trinajstić information content (AvgIpc) is 2.63. The highest BCUT2D eigenvalue weighted by molar-refractivity contribution is 6.34. The van der Waals surface area contributed by atoms with Crippen LogP contribution in [0.25, 0.3) is 21.5 Å². The fraction of sp³-hybridized carbons (Fsp3) is 0. The second-order valence-electron chi connectivity index (χ2n) is 5.38. The van der Waals surface area contributed by atoms with Gasteiger partial charge in [-0.2, -0.15) is 0 Å². The van der Waals surface area contributed by atoms with Gasteiger partial charge in [0.25, 0.3) is 0 Å². The van der Waals surface area contributed by atoms with E-state index in [2.05, 4.69) is 9.97 Å². The van der Waals surface area contributed by atoms with E-state index in [1.807, 2.05) is 48.5 Å². The number of pyridine rings is 2. The van der Waals surface area contributed by atoms with Crippen molar-refractivity contribution in [1.29, 1.82) is 0 Å². The quantitative estimate of drug-likeness (QED) is 0.383. The molecular formula is C18H11BCl2N2O2. The Hall–Kier alpha value is -2.50. The smallest absolute Gasteiger partial charge is 0.529 e. The van der Waals surface area contributed by atoms with Crippen LogP contribution in [0.2, 0.25) is 10.3 Å². The van der Waals surface area contributed by atoms with Crippen LogP contribution in [0.1, 0.15) is 0 Å². The lowest BCUT2D eigenvalue weighted by molar-refractivity contribution is 0.460. The van der Waals surface area contributed by atoms with Crippen molar-refractivity contribution < 1.29 is 9.31 Å². The van der Waals surface area contributed by atoms with Crippen molar-refractivity contribution in [2.45, 2.75) is 0 Å². The van der Waals surface area contributed by atoms with Crippen molar-refractivity contribution in [1.82, 2.24) is 9.97 Å². The number of rotatable bonds is 4. The molecule has 4 aromatic rings. The van der Waals surface area contributed by atoms with Crippen LogP contribution in [0.4, 0.5) is 0 Å². The molecule has 0 fully saturated rings. The minimum Gasteiger partial charge on any atom is -0.529 e. The molecule has 0 N–H and O–H groups in total. The number of hydrogen-bond donors (Lipinski definition) is 0. The first-order chi connectivity index (χ1) is 12.2. The van der Waals surface area contributed by atoms with Crippen LogP contribution in [0, 0.1) is 0 Å². The predicted octanol–water partition coefficient (Wildman–Crippen LogP) is 4.81. The molecular weight excluding hydrogens is 358 g/mol. The summed E-state index contributed by atoms with van der Waals surface area (Å²) in [5.74, 6) is 1.31. The third kappa shape index (κ3) is 3.34. The molecule has 4 nitrogen and oxygen atoms in total. The monoisotopic (exact) mass is 368 g/mol. The fourth-order valence-electron chi connectivity index (χ4n) is 2.57. The van der Waals surface area contributed by atoms with Gasteiger partial charge in [0.1, 0.15) is 21.8 Å². The molecule has 0 aliphatic rings. The Morgan fingerprint density at radius 3 is 1.64 bits per heavy atom. The summed E-state index contributed by atoms with van der Waals surface area (Å²) in [4.78, 5) is 8.15. The van der Waals surface area contributed by atoms with Crippen molar-refractivity contribution in [2.75, 3.05) is 0 Å². The van der Waals surface area contributed by atoms with Gasteiger partial charge >= 0.3 is 7.69 Å². The first-order valence-corrected chi connectivity index (χ1v) is 8.30. The molecule has 0 bridgehead atoms. The van der Waals surface area contributed by atoms with E-state index < -0.39 is 0 Å². The lowest BCUT2D eigenvalue weighted by atomic mass is 10.1. The standard InChI is InChI=1S/C18H11BCl2N2O2/c20-17-15-9-13(3-1-11(15)5-7-22-17)24-19-25-14-4-2-12-6-8-23-18(21)16(12)10-14/h1-10,19H. The molecule has 0 spiro atoms. The van der Waals surface area contributed by atoms with Gasteiger partial charge in [0.2, 0.25) is 0 Å². The molecule has 2 heterocycles. The molecule has 2 aromatic heterocycles. The Labute approximate surface area is 154 Å². The summed E-state index contributed by atoms with van der Waals surface area (Å²) in [6, 6.07) is 15.1. The topological polar surface area (TPSA) is 44.2 Å². The van der Waals surface area contributed by atoms with Crippen LogP contribution >= 0.6 is 23.2 Å². The maximum atomic E-state index is 6.11. The van der Waals surface area contributed by atoms with Crippen LogP contribution in [0.5, 0.6) is 11.5 Å². The Balaban J connectivity index is 1.49. The van der Waals surface area contributed by atoms with E-state index in [0.29, 0.717) is 21.8 Å². The molecule has 2 aromatic carbocycles. The fourth-order valence-corrected chi connectivity index (χ4v) is 3.01. The van der Waals surface area contributed by atoms with Crippen LogP contribution in [-0.4, -0.2) is 17.7 Å². The van der Waals surface area contributed by atoms with Crippen molar-refractivity contribution in [3.05, 3.63) is 71.2 Å². The SMILES string of the molecule is Clc1nccc2ccc(OBOc3ccc4ccnc(Cl)c4c3)cc12. The highest BCUT2D eigenvalue weighted by Crippen LogP contribution is 2.27. The van der Waals surface area contributed by atoms with Gasteiger partial charge in [-0.1, -0.05) is 35.3 Å². The summed E-state index contributed by atoms with van der Waals surface area (Å²) < 4.78 is 11.3. The van der Waals surface area contributed by atoms with Gasteiger partial charge in [-0.3, -0.25) is 0 Å². The molecule has 0 saturated carbocycles. The molecule has 25 heavy (non-hydrogen) atoms. The number of nitrogens with zero attached hydrogens (tertiary/aromatic N) is 2. The van der Waals surface area contributed by atoms with Crippen LogP contribution in [-0.2, 0) is 0 Å². The number of fused-ring (bicyclic) bond motifs is 2. The highest BCUT2D eigenvalue weighted by atomic mass is 35.5. The van der Waals surface area contributed by atoms with Crippen LogP contribution in [0.15, 0.2) is 60.9 Å². The third-order valence-corrected chi connectivity index (χ3v) is 4.43. The lowest BCUT2D eigenvalue weighted by Gasteiger charge is -2.09. The van der Waals surface area contributed by atoms with E-state index in [4.69, 9.17) is 32.5 Å². The first kappa shape index (κ1) is 16.0. The Kier molecular flexibility index (Phi) is 4.34. The van der Waals surface area contributed by atoms with E-state index in [0.717, 1.165) is 21.5 Å². The number of aromatic nitrogens is 2. The molecule has 0 saturated heterocycles. The van der Waals surface area contributed by atoms with Crippen molar-refractivity contribution in [3.63, 3.8) is 0 Å². The zero-order chi connectivity index (χ0) is 17.2. The molecule has 0 radical (unpaired) electrons. The summed E-state index contributed by atoms with van der Waals surface area (Å²) >= 11 is 12.2. The van der Waals surface area contributed by atoms with Gasteiger partial charge in [-0.25, -0.2) is 9.97 Å². The Morgan fingerprint density at radius 2 is 1.16 bits per heavy atom. The second kappa shape index (κ2) is 6.79. The molecule has 0 amide bonds. The van der Waals surface area contributed by atoms with E-state index in [9.17, 15) is 0 Å². The third-order valence-electron chi connectivity index (χ3n) is 3.83. The molecule has 122 valence electrons. The summed E-state index contributed by atoms with van der Waals surface area (Å²) in [5.41, 5.74) is 0. The van der Waals surface area contributed by atoms with Crippen LogP contribution < -0.4 is 9.31 Å². The Morgan fingerprint density at radius 1 is 0.680 bits per heavy atom. The molecule has 0 unspecified atom stereocenters. The minimum absolute atomic E-state index is 0.0623. The zero-order valence-electron chi connectivity index (χ0n) is 12.9. The normalized spacial score (nSPS) is 10.8. The zero-order valence-corrected chi connectivity index (χ0v) is 14.5. The lowest BCUT2D eigenvalue weighted by Crippen LogP contribution is -2.10. The minimum atomic E-state index is 0.0623. The number of halogens is 2. The molecule has 4 rings (SSSR count). The largest absolute Gasteiger partial charge is 0.576 e. The van der Waals surface area contributed by atoms with Gasteiger partial charge in [-0.15, -0.1) is 0 Å². The second-order valence-corrected chi connectivity index (χ2v) is 6.09. The molecule has 0 aliphatic heterocycles. The first-order valence-electron chi connectivity index (χ1n) is 7.55. The van der Waals surface area contributed by atoms with Gasteiger partial charge in [0, 0.05) is 23.2 Å². The molecule has 0 atom stereocenters. The predicted molar refractivity (Wildman–Crippen MR) is 102 cm³/mol. The van der Waals surface area contributed by atoms with E-state index in [1.165, 1.54) is 0 Å². The summed E-state index contributed by atoms with van der Waals surface area (Å²) in [6.45, 7) is 0. The maximum absolute atomic E-state index is 6.11.